The fraction of sp³-hybridized carbons (Fsp3) is 0.273. The number of anilines is 1. The second kappa shape index (κ2) is 9.11. The van der Waals surface area contributed by atoms with Gasteiger partial charge in [-0.25, -0.2) is 9.37 Å². The molecule has 7 heteroatoms. The van der Waals surface area contributed by atoms with Crippen molar-refractivity contribution in [1.29, 1.82) is 5.26 Å². The van der Waals surface area contributed by atoms with Crippen LogP contribution in [0.15, 0.2) is 46.9 Å². The minimum atomic E-state index is -0.312. The van der Waals surface area contributed by atoms with E-state index in [1.54, 1.807) is 31.4 Å². The Labute approximate surface area is 168 Å². The van der Waals surface area contributed by atoms with Gasteiger partial charge in [0.15, 0.2) is 11.5 Å². The molecule has 1 aromatic heterocycles. The lowest BCUT2D eigenvalue weighted by atomic mass is 10.2. The van der Waals surface area contributed by atoms with Crippen LogP contribution in [0.1, 0.15) is 42.5 Å². The van der Waals surface area contributed by atoms with E-state index in [0.29, 0.717) is 35.4 Å². The molecule has 0 spiro atoms. The summed E-state index contributed by atoms with van der Waals surface area (Å²) < 4.78 is 30.5. The lowest BCUT2D eigenvalue weighted by Gasteiger charge is -2.13. The van der Waals surface area contributed by atoms with Gasteiger partial charge >= 0.3 is 0 Å². The summed E-state index contributed by atoms with van der Waals surface area (Å²) in [4.78, 5) is 4.18. The Balaban J connectivity index is 1.69. The highest BCUT2D eigenvalue weighted by Crippen LogP contribution is 2.30. The van der Waals surface area contributed by atoms with Gasteiger partial charge in [0, 0.05) is 18.0 Å². The molecule has 0 saturated heterocycles. The predicted molar refractivity (Wildman–Crippen MR) is 106 cm³/mol. The van der Waals surface area contributed by atoms with Crippen molar-refractivity contribution in [3.63, 3.8) is 0 Å². The first-order chi connectivity index (χ1) is 14.0. The van der Waals surface area contributed by atoms with Crippen LogP contribution in [-0.4, -0.2) is 12.1 Å². The average Bonchev–Trinajstić information content (AvgIpc) is 3.15. The first-order valence-corrected chi connectivity index (χ1v) is 9.19. The molecule has 0 unspecified atom stereocenters. The van der Waals surface area contributed by atoms with Crippen molar-refractivity contribution in [2.75, 3.05) is 12.4 Å². The van der Waals surface area contributed by atoms with Crippen LogP contribution < -0.4 is 14.8 Å². The molecule has 29 heavy (non-hydrogen) atoms. The van der Waals surface area contributed by atoms with Crippen LogP contribution in [0.3, 0.4) is 0 Å². The smallest absolute Gasteiger partial charge is 0.232 e. The topological polar surface area (TPSA) is 80.3 Å². The fourth-order valence-corrected chi connectivity index (χ4v) is 2.67. The Bertz CT molecular complexity index is 1020. The molecule has 2 aromatic carbocycles. The second-order valence-electron chi connectivity index (χ2n) is 6.72. The predicted octanol–water partition coefficient (Wildman–Crippen LogP) is 5.01. The zero-order valence-corrected chi connectivity index (χ0v) is 16.5. The molecule has 0 radical (unpaired) electrons. The van der Waals surface area contributed by atoms with E-state index in [-0.39, 0.29) is 24.0 Å². The van der Waals surface area contributed by atoms with E-state index in [9.17, 15) is 9.65 Å². The minimum absolute atomic E-state index is 0.0867. The Morgan fingerprint density at radius 1 is 1.21 bits per heavy atom. The standard InChI is InChI=1S/C22H22FN3O3/c1-14(2)21-26-18(11-24)22(29-21)25-12-15-8-9-19(20(10-15)27-3)28-13-16-6-4-5-7-17(16)23/h4-10,14,25H,12-13H2,1-3H3. The quantitative estimate of drug-likeness (QED) is 0.578. The van der Waals surface area contributed by atoms with Crippen molar-refractivity contribution in [3.05, 3.63) is 71.0 Å². The summed E-state index contributed by atoms with van der Waals surface area (Å²) in [5.74, 6) is 1.67. The summed E-state index contributed by atoms with van der Waals surface area (Å²) in [7, 11) is 1.54. The third kappa shape index (κ3) is 4.85. The molecule has 0 atom stereocenters. The number of oxazole rings is 1. The van der Waals surface area contributed by atoms with E-state index in [2.05, 4.69) is 10.3 Å². The van der Waals surface area contributed by atoms with Gasteiger partial charge in [-0.15, -0.1) is 0 Å². The second-order valence-corrected chi connectivity index (χ2v) is 6.72. The molecule has 0 aliphatic carbocycles. The Hall–Kier alpha value is -3.53. The third-order valence-corrected chi connectivity index (χ3v) is 4.27. The molecule has 3 aromatic rings. The Morgan fingerprint density at radius 2 is 2.00 bits per heavy atom. The SMILES string of the molecule is COc1cc(CNc2oc(C(C)C)nc2C#N)ccc1OCc1ccccc1F. The van der Waals surface area contributed by atoms with Crippen LogP contribution in [0.5, 0.6) is 11.5 Å². The van der Waals surface area contributed by atoms with E-state index in [1.165, 1.54) is 6.07 Å². The number of ether oxygens (including phenoxy) is 2. The van der Waals surface area contributed by atoms with Crippen LogP contribution >= 0.6 is 0 Å². The molecule has 0 bridgehead atoms. The summed E-state index contributed by atoms with van der Waals surface area (Å²) in [6.45, 7) is 4.40. The lowest BCUT2D eigenvalue weighted by Crippen LogP contribution is -2.03. The molecule has 0 saturated carbocycles. The number of halogens is 1. The van der Waals surface area contributed by atoms with Crippen LogP contribution in [0.2, 0.25) is 0 Å². The fourth-order valence-electron chi connectivity index (χ4n) is 2.67. The van der Waals surface area contributed by atoms with E-state index in [4.69, 9.17) is 13.9 Å². The normalized spacial score (nSPS) is 10.6. The van der Waals surface area contributed by atoms with E-state index in [1.807, 2.05) is 32.0 Å². The summed E-state index contributed by atoms with van der Waals surface area (Å²) in [5, 5.41) is 12.3. The third-order valence-electron chi connectivity index (χ3n) is 4.27. The van der Waals surface area contributed by atoms with E-state index < -0.39 is 0 Å². The molecular formula is C22H22FN3O3. The summed E-state index contributed by atoms with van der Waals surface area (Å²) in [6.07, 6.45) is 0. The molecular weight excluding hydrogens is 373 g/mol. The van der Waals surface area contributed by atoms with Gasteiger partial charge in [0.2, 0.25) is 17.5 Å². The molecule has 1 heterocycles. The van der Waals surface area contributed by atoms with Gasteiger partial charge < -0.3 is 19.2 Å². The molecule has 1 N–H and O–H groups in total. The number of nitriles is 1. The highest BCUT2D eigenvalue weighted by molar-refractivity contribution is 5.48. The number of hydrogen-bond donors (Lipinski definition) is 1. The molecule has 0 aliphatic heterocycles. The number of rotatable bonds is 8. The van der Waals surface area contributed by atoms with Crippen molar-refractivity contribution < 1.29 is 18.3 Å². The van der Waals surface area contributed by atoms with Crippen LogP contribution in [0.25, 0.3) is 0 Å². The number of methoxy groups -OCH3 is 1. The Morgan fingerprint density at radius 3 is 2.69 bits per heavy atom. The first kappa shape index (κ1) is 20.2. The number of benzene rings is 2. The number of nitrogens with one attached hydrogen (secondary N) is 1. The molecule has 0 amide bonds. The summed E-state index contributed by atoms with van der Waals surface area (Å²) >= 11 is 0. The zero-order chi connectivity index (χ0) is 20.8. The van der Waals surface area contributed by atoms with Gasteiger partial charge in [-0.3, -0.25) is 0 Å². The van der Waals surface area contributed by atoms with Crippen molar-refractivity contribution in [2.24, 2.45) is 0 Å². The Kier molecular flexibility index (Phi) is 6.35. The van der Waals surface area contributed by atoms with E-state index >= 15 is 0 Å². The lowest BCUT2D eigenvalue weighted by molar-refractivity contribution is 0.279. The van der Waals surface area contributed by atoms with Crippen molar-refractivity contribution >= 4 is 5.88 Å². The van der Waals surface area contributed by atoms with Crippen LogP contribution in [-0.2, 0) is 13.2 Å². The molecule has 3 rings (SSSR count). The maximum absolute atomic E-state index is 13.8. The number of hydrogen-bond acceptors (Lipinski definition) is 6. The van der Waals surface area contributed by atoms with Crippen LogP contribution in [0.4, 0.5) is 10.3 Å². The van der Waals surface area contributed by atoms with Gasteiger partial charge in [0.1, 0.15) is 18.5 Å². The van der Waals surface area contributed by atoms with Gasteiger partial charge in [-0.1, -0.05) is 38.1 Å². The minimum Gasteiger partial charge on any atom is -0.493 e. The highest BCUT2D eigenvalue weighted by Gasteiger charge is 2.15. The van der Waals surface area contributed by atoms with Gasteiger partial charge in [0.05, 0.1) is 7.11 Å². The van der Waals surface area contributed by atoms with Gasteiger partial charge in [0.25, 0.3) is 0 Å². The van der Waals surface area contributed by atoms with Crippen molar-refractivity contribution in [3.8, 4) is 17.6 Å². The summed E-state index contributed by atoms with van der Waals surface area (Å²) in [5.41, 5.74) is 1.59. The average molecular weight is 395 g/mol. The number of nitrogens with zero attached hydrogens (tertiary/aromatic N) is 2. The molecule has 6 nitrogen and oxygen atoms in total. The van der Waals surface area contributed by atoms with Gasteiger partial charge in [-0.05, 0) is 23.8 Å². The number of aromatic nitrogens is 1. The zero-order valence-electron chi connectivity index (χ0n) is 16.5. The highest BCUT2D eigenvalue weighted by atomic mass is 19.1. The monoisotopic (exact) mass is 395 g/mol. The molecule has 0 fully saturated rings. The maximum atomic E-state index is 13.8. The van der Waals surface area contributed by atoms with Gasteiger partial charge in [-0.2, -0.15) is 5.26 Å². The first-order valence-electron chi connectivity index (χ1n) is 9.19. The van der Waals surface area contributed by atoms with E-state index in [0.717, 1.165) is 5.56 Å². The largest absolute Gasteiger partial charge is 0.493 e. The summed E-state index contributed by atoms with van der Waals surface area (Å²) in [6, 6.07) is 13.9. The maximum Gasteiger partial charge on any atom is 0.232 e. The van der Waals surface area contributed by atoms with Crippen molar-refractivity contribution in [2.45, 2.75) is 32.9 Å². The van der Waals surface area contributed by atoms with Crippen molar-refractivity contribution in [1.82, 2.24) is 4.98 Å². The molecule has 0 aliphatic rings. The van der Waals surface area contributed by atoms with Crippen LogP contribution in [0, 0.1) is 17.1 Å². The molecule has 150 valence electrons.